The molecule has 0 radical (unpaired) electrons. The van der Waals surface area contributed by atoms with Crippen LogP contribution in [0.3, 0.4) is 0 Å². The molecule has 1 saturated carbocycles. The zero-order chi connectivity index (χ0) is 15.7. The van der Waals surface area contributed by atoms with E-state index in [-0.39, 0.29) is 0 Å². The number of amides is 2. The Labute approximate surface area is 127 Å². The Morgan fingerprint density at radius 3 is 2.57 bits per heavy atom. The second-order valence-electron chi connectivity index (χ2n) is 5.85. The number of hydrogen-bond donors (Lipinski definition) is 3. The topological polar surface area (TPSA) is 81.7 Å². The number of nitrogens with zero attached hydrogens (tertiary/aromatic N) is 1. The number of unbranched alkanes of at least 4 members (excludes halogenated alkanes) is 1. The van der Waals surface area contributed by atoms with Gasteiger partial charge in [0.2, 0.25) is 0 Å². The second-order valence-corrected chi connectivity index (χ2v) is 5.85. The predicted molar refractivity (Wildman–Crippen MR) is 82.4 cm³/mol. The third kappa shape index (κ3) is 6.80. The summed E-state index contributed by atoms with van der Waals surface area (Å²) in [5.41, 5.74) is 0. The highest BCUT2D eigenvalue weighted by atomic mass is 16.4. The molecule has 0 saturated heterocycles. The number of nitrogens with one attached hydrogen (secondary N) is 2. The summed E-state index contributed by atoms with van der Waals surface area (Å²) < 4.78 is 0. The molecule has 0 aromatic rings. The first kappa shape index (κ1) is 17.8. The van der Waals surface area contributed by atoms with Crippen molar-refractivity contribution in [2.75, 3.05) is 20.1 Å². The first-order valence-corrected chi connectivity index (χ1v) is 8.02. The number of carbonyl (C=O) groups is 2. The van der Waals surface area contributed by atoms with E-state index in [0.717, 1.165) is 19.4 Å². The van der Waals surface area contributed by atoms with Crippen LogP contribution in [0.15, 0.2) is 0 Å². The van der Waals surface area contributed by atoms with Gasteiger partial charge in [-0.25, -0.2) is 9.59 Å². The van der Waals surface area contributed by atoms with Crippen LogP contribution < -0.4 is 10.6 Å². The molecule has 1 aliphatic carbocycles. The Hall–Kier alpha value is -1.30. The molecule has 1 fully saturated rings. The normalized spacial score (nSPS) is 16.9. The summed E-state index contributed by atoms with van der Waals surface area (Å²) in [7, 11) is 2.08. The number of carboxylic acids is 1. The first-order valence-electron chi connectivity index (χ1n) is 8.02. The van der Waals surface area contributed by atoms with Crippen molar-refractivity contribution in [3.63, 3.8) is 0 Å². The van der Waals surface area contributed by atoms with Crippen molar-refractivity contribution in [2.45, 2.75) is 64.0 Å². The quantitative estimate of drug-likeness (QED) is 0.606. The maximum absolute atomic E-state index is 11.7. The predicted octanol–water partition coefficient (Wildman–Crippen LogP) is 1.80. The molecule has 3 N–H and O–H groups in total. The van der Waals surface area contributed by atoms with E-state index >= 15 is 0 Å². The van der Waals surface area contributed by atoms with Gasteiger partial charge in [-0.15, -0.1) is 0 Å². The maximum atomic E-state index is 11.7. The van der Waals surface area contributed by atoms with Gasteiger partial charge in [0.25, 0.3) is 0 Å². The van der Waals surface area contributed by atoms with Gasteiger partial charge in [-0.3, -0.25) is 0 Å². The minimum atomic E-state index is -0.971. The maximum Gasteiger partial charge on any atom is 0.326 e. The number of aliphatic carboxylic acids is 1. The van der Waals surface area contributed by atoms with Crippen molar-refractivity contribution < 1.29 is 14.7 Å². The fourth-order valence-electron chi connectivity index (χ4n) is 2.75. The smallest absolute Gasteiger partial charge is 0.326 e. The Bertz CT molecular complexity index is 330. The number of hydrogen-bond acceptors (Lipinski definition) is 3. The minimum absolute atomic E-state index is 0.390. The molecular formula is C15H29N3O3. The molecule has 1 rings (SSSR count). The van der Waals surface area contributed by atoms with Gasteiger partial charge in [0.1, 0.15) is 6.04 Å². The zero-order valence-corrected chi connectivity index (χ0v) is 13.2. The fraction of sp³-hybridized carbons (Fsp3) is 0.867. The van der Waals surface area contributed by atoms with Crippen molar-refractivity contribution >= 4 is 12.0 Å². The molecule has 0 heterocycles. The van der Waals surface area contributed by atoms with E-state index in [1.165, 1.54) is 25.7 Å². The fourth-order valence-corrected chi connectivity index (χ4v) is 2.75. The third-order valence-corrected chi connectivity index (χ3v) is 4.15. The van der Waals surface area contributed by atoms with Gasteiger partial charge in [-0.1, -0.05) is 32.6 Å². The van der Waals surface area contributed by atoms with Gasteiger partial charge in [-0.2, -0.15) is 0 Å². The van der Waals surface area contributed by atoms with E-state index < -0.39 is 18.0 Å². The van der Waals surface area contributed by atoms with Crippen molar-refractivity contribution in [1.29, 1.82) is 0 Å². The monoisotopic (exact) mass is 299 g/mol. The summed E-state index contributed by atoms with van der Waals surface area (Å²) in [6.07, 6.45) is 7.24. The Balaban J connectivity index is 2.20. The number of carbonyl (C=O) groups excluding carboxylic acids is 1. The number of likely N-dealkylation sites (N-methyl/N-ethyl adjacent to an activating group) is 1. The molecule has 122 valence electrons. The van der Waals surface area contributed by atoms with Gasteiger partial charge >= 0.3 is 12.0 Å². The lowest BCUT2D eigenvalue weighted by atomic mass is 10.1. The molecule has 0 bridgehead atoms. The standard InChI is InChI=1S/C15H29N3O3/c1-3-4-9-13(14(19)20)17-15(21)16-10-11-18(2)12-7-5-6-8-12/h12-13H,3-11H2,1-2H3,(H,19,20)(H2,16,17,21)/t13-/m0/s1. The van der Waals surface area contributed by atoms with E-state index in [4.69, 9.17) is 5.11 Å². The summed E-state index contributed by atoms with van der Waals surface area (Å²) in [6.45, 7) is 3.33. The van der Waals surface area contributed by atoms with Gasteiger partial charge in [0.15, 0.2) is 0 Å². The molecule has 1 aliphatic rings. The summed E-state index contributed by atoms with van der Waals surface area (Å²) in [4.78, 5) is 25.0. The molecule has 0 aromatic carbocycles. The minimum Gasteiger partial charge on any atom is -0.480 e. The van der Waals surface area contributed by atoms with Crippen molar-refractivity contribution in [1.82, 2.24) is 15.5 Å². The van der Waals surface area contributed by atoms with Crippen LogP contribution in [-0.4, -0.2) is 54.2 Å². The zero-order valence-electron chi connectivity index (χ0n) is 13.2. The SMILES string of the molecule is CCCC[C@H](NC(=O)NCCN(C)C1CCCC1)C(=O)O. The van der Waals surface area contributed by atoms with Crippen LogP contribution >= 0.6 is 0 Å². The van der Waals surface area contributed by atoms with Crippen molar-refractivity contribution in [3.8, 4) is 0 Å². The molecule has 6 heteroatoms. The highest BCUT2D eigenvalue weighted by Crippen LogP contribution is 2.21. The second kappa shape index (κ2) is 9.60. The lowest BCUT2D eigenvalue weighted by molar-refractivity contribution is -0.139. The van der Waals surface area contributed by atoms with Crippen LogP contribution in [0.1, 0.15) is 51.9 Å². The number of urea groups is 1. The van der Waals surface area contributed by atoms with Crippen molar-refractivity contribution in [3.05, 3.63) is 0 Å². The van der Waals surface area contributed by atoms with E-state index in [2.05, 4.69) is 22.6 Å². The highest BCUT2D eigenvalue weighted by Gasteiger charge is 2.20. The van der Waals surface area contributed by atoms with Gasteiger partial charge in [-0.05, 0) is 26.3 Å². The van der Waals surface area contributed by atoms with Crippen LogP contribution in [0.4, 0.5) is 4.79 Å². The van der Waals surface area contributed by atoms with Crippen LogP contribution in [0, 0.1) is 0 Å². The summed E-state index contributed by atoms with van der Waals surface area (Å²) in [6, 6.07) is -0.554. The molecular weight excluding hydrogens is 270 g/mol. The highest BCUT2D eigenvalue weighted by molar-refractivity contribution is 5.82. The molecule has 0 aliphatic heterocycles. The van der Waals surface area contributed by atoms with E-state index in [1.807, 2.05) is 6.92 Å². The third-order valence-electron chi connectivity index (χ3n) is 4.15. The largest absolute Gasteiger partial charge is 0.480 e. The van der Waals surface area contributed by atoms with E-state index in [9.17, 15) is 9.59 Å². The molecule has 0 unspecified atom stereocenters. The Kier molecular flexibility index (Phi) is 8.12. The summed E-state index contributed by atoms with van der Waals surface area (Å²) >= 11 is 0. The average Bonchev–Trinajstić information content (AvgIpc) is 2.97. The molecule has 0 aromatic heterocycles. The van der Waals surface area contributed by atoms with Crippen molar-refractivity contribution in [2.24, 2.45) is 0 Å². The average molecular weight is 299 g/mol. The summed E-state index contributed by atoms with van der Waals surface area (Å²) in [5.74, 6) is -0.971. The van der Waals surface area contributed by atoms with Crippen LogP contribution in [0.25, 0.3) is 0 Å². The van der Waals surface area contributed by atoms with Crippen LogP contribution in [0.5, 0.6) is 0 Å². The first-order chi connectivity index (χ1) is 10.0. The van der Waals surface area contributed by atoms with Crippen LogP contribution in [-0.2, 0) is 4.79 Å². The molecule has 2 amide bonds. The lowest BCUT2D eigenvalue weighted by Crippen LogP contribution is -2.47. The van der Waals surface area contributed by atoms with Gasteiger partial charge < -0.3 is 20.6 Å². The van der Waals surface area contributed by atoms with Gasteiger partial charge in [0.05, 0.1) is 0 Å². The van der Waals surface area contributed by atoms with Gasteiger partial charge in [0, 0.05) is 19.1 Å². The van der Waals surface area contributed by atoms with E-state index in [0.29, 0.717) is 19.0 Å². The molecule has 21 heavy (non-hydrogen) atoms. The molecule has 0 spiro atoms. The molecule has 6 nitrogen and oxygen atoms in total. The Morgan fingerprint density at radius 1 is 1.33 bits per heavy atom. The number of rotatable bonds is 9. The lowest BCUT2D eigenvalue weighted by Gasteiger charge is -2.24. The van der Waals surface area contributed by atoms with E-state index in [1.54, 1.807) is 0 Å². The molecule has 1 atom stereocenters. The summed E-state index contributed by atoms with van der Waals surface area (Å²) in [5, 5.41) is 14.3. The number of carboxylic acid groups (broad SMARTS) is 1. The Morgan fingerprint density at radius 2 is 2.00 bits per heavy atom. The van der Waals surface area contributed by atoms with Crippen LogP contribution in [0.2, 0.25) is 0 Å².